The Kier molecular flexibility index (Phi) is 10.6. The quantitative estimate of drug-likeness (QED) is 0.123. The number of sulfone groups is 1. The maximum Gasteiger partial charge on any atom is 0.411 e. The molecule has 6 aromatic rings. The van der Waals surface area contributed by atoms with Crippen molar-refractivity contribution in [2.75, 3.05) is 0 Å². The van der Waals surface area contributed by atoms with E-state index in [9.17, 15) is 34.8 Å². The molecule has 0 spiro atoms. The Balaban J connectivity index is 1.07. The van der Waals surface area contributed by atoms with Crippen LogP contribution in [-0.4, -0.2) is 20.8 Å². The fraction of sp³-hybridized carbons (Fsp3) is 0.163. The first-order chi connectivity index (χ1) is 25.6. The third-order valence-electron chi connectivity index (χ3n) is 9.11. The molecule has 0 aromatic heterocycles. The van der Waals surface area contributed by atoms with Crippen LogP contribution in [0, 0.1) is 13.8 Å². The van der Waals surface area contributed by atoms with E-state index in [-0.39, 0.29) is 9.79 Å². The van der Waals surface area contributed by atoms with Crippen LogP contribution in [0.1, 0.15) is 33.4 Å². The molecule has 0 aliphatic rings. The second kappa shape index (κ2) is 15.1. The smallest absolute Gasteiger partial charge is 0.411 e. The van der Waals surface area contributed by atoms with E-state index in [0.717, 1.165) is 35.4 Å². The molecule has 0 fully saturated rings. The lowest BCUT2D eigenvalue weighted by Gasteiger charge is -2.38. The molecular formula is C43H34F6O4S. The Hall–Kier alpha value is -5.55. The number of benzene rings is 6. The van der Waals surface area contributed by atoms with Gasteiger partial charge in [-0.15, -0.1) is 0 Å². The minimum absolute atomic E-state index is 0.0862. The lowest BCUT2D eigenvalue weighted by molar-refractivity contribution is -0.288. The monoisotopic (exact) mass is 760 g/mol. The second-order valence-corrected chi connectivity index (χ2v) is 14.9. The summed E-state index contributed by atoms with van der Waals surface area (Å²) in [5, 5.41) is 0. The van der Waals surface area contributed by atoms with E-state index in [0.29, 0.717) is 47.0 Å². The highest BCUT2D eigenvalue weighted by Crippen LogP contribution is 2.56. The van der Waals surface area contributed by atoms with E-state index in [1.165, 1.54) is 48.5 Å². The summed E-state index contributed by atoms with van der Waals surface area (Å²) in [7, 11) is -3.81. The van der Waals surface area contributed by atoms with Gasteiger partial charge in [0.25, 0.3) is 0 Å². The predicted molar refractivity (Wildman–Crippen MR) is 194 cm³/mol. The van der Waals surface area contributed by atoms with Crippen molar-refractivity contribution in [3.8, 4) is 23.0 Å². The zero-order chi connectivity index (χ0) is 38.7. The van der Waals surface area contributed by atoms with Gasteiger partial charge < -0.3 is 9.47 Å². The minimum atomic E-state index is -5.64. The standard InChI is InChI=1S/C43H34F6O4S/c1-29-3-13-33(14-4-29)41(42(44,45)46,43(47,48)49)34-15-9-31(10-16-34)7-8-32-11-19-36(20-12-32)53-38-23-27-40(28-24-38)54(50,51)39-25-21-37(22-26-39)52-35-17-5-30(2)6-18-35/h3-6,9-28H,7-8H2,1-2H3. The van der Waals surface area contributed by atoms with Crippen molar-refractivity contribution >= 4 is 9.84 Å². The summed E-state index contributed by atoms with van der Waals surface area (Å²) in [6.07, 6.45) is -10.4. The van der Waals surface area contributed by atoms with Crippen LogP contribution in [0.4, 0.5) is 26.3 Å². The van der Waals surface area contributed by atoms with Gasteiger partial charge in [-0.3, -0.25) is 0 Å². The van der Waals surface area contributed by atoms with Gasteiger partial charge in [-0.05, 0) is 122 Å². The van der Waals surface area contributed by atoms with Gasteiger partial charge in [0.05, 0.1) is 9.79 Å². The molecule has 0 aliphatic carbocycles. The van der Waals surface area contributed by atoms with E-state index < -0.39 is 38.7 Å². The molecule has 0 atom stereocenters. The normalized spacial score (nSPS) is 12.4. The van der Waals surface area contributed by atoms with Gasteiger partial charge in [0.2, 0.25) is 15.3 Å². The summed E-state index contributed by atoms with van der Waals surface area (Å²) in [6, 6.07) is 35.3. The third-order valence-corrected chi connectivity index (χ3v) is 10.9. The summed E-state index contributed by atoms with van der Waals surface area (Å²) in [4.78, 5) is 0.194. The SMILES string of the molecule is Cc1ccc(Oc2ccc(S(=O)(=O)c3ccc(Oc4ccc(CCc5ccc(C(c6ccc(C)cc6)(C(F)(F)F)C(F)(F)F)cc5)cc4)cc3)cc2)cc1. The number of rotatable bonds is 11. The van der Waals surface area contributed by atoms with Crippen LogP contribution < -0.4 is 9.47 Å². The van der Waals surface area contributed by atoms with Crippen LogP contribution in [0.5, 0.6) is 23.0 Å². The number of halogens is 6. The van der Waals surface area contributed by atoms with Gasteiger partial charge in [-0.25, -0.2) is 8.42 Å². The summed E-state index contributed by atoms with van der Waals surface area (Å²) in [6.45, 7) is 3.56. The summed E-state index contributed by atoms with van der Waals surface area (Å²) in [5.74, 6) is 2.02. The van der Waals surface area contributed by atoms with E-state index in [4.69, 9.17) is 9.47 Å². The molecule has 0 radical (unpaired) electrons. The van der Waals surface area contributed by atoms with E-state index in [2.05, 4.69) is 0 Å². The first kappa shape index (κ1) is 38.2. The summed E-state index contributed by atoms with van der Waals surface area (Å²) in [5.41, 5.74) is -2.91. The van der Waals surface area contributed by atoms with Crippen LogP contribution in [0.2, 0.25) is 0 Å². The van der Waals surface area contributed by atoms with Crippen LogP contribution in [0.25, 0.3) is 0 Å². The van der Waals surface area contributed by atoms with Crippen molar-refractivity contribution in [2.45, 2.75) is 54.2 Å². The molecular weight excluding hydrogens is 727 g/mol. The maximum atomic E-state index is 14.4. The Morgan fingerprint density at radius 1 is 0.426 bits per heavy atom. The first-order valence-electron chi connectivity index (χ1n) is 16.8. The molecule has 4 nitrogen and oxygen atoms in total. The summed E-state index contributed by atoms with van der Waals surface area (Å²) < 4.78 is 125. The first-order valence-corrected chi connectivity index (χ1v) is 18.3. The largest absolute Gasteiger partial charge is 0.457 e. The lowest BCUT2D eigenvalue weighted by atomic mass is 9.72. The third kappa shape index (κ3) is 8.01. The topological polar surface area (TPSA) is 52.6 Å². The zero-order valence-electron chi connectivity index (χ0n) is 29.1. The highest BCUT2D eigenvalue weighted by Gasteiger charge is 2.72. The van der Waals surface area contributed by atoms with Crippen LogP contribution in [0.15, 0.2) is 155 Å². The van der Waals surface area contributed by atoms with Gasteiger partial charge in [0.15, 0.2) is 0 Å². The number of hydrogen-bond donors (Lipinski definition) is 0. The van der Waals surface area contributed by atoms with Crippen LogP contribution in [-0.2, 0) is 28.1 Å². The molecule has 0 amide bonds. The molecule has 0 saturated carbocycles. The number of ether oxygens (including phenoxy) is 2. The maximum absolute atomic E-state index is 14.4. The summed E-state index contributed by atoms with van der Waals surface area (Å²) >= 11 is 0. The fourth-order valence-electron chi connectivity index (χ4n) is 6.11. The van der Waals surface area contributed by atoms with Gasteiger partial charge in [0.1, 0.15) is 23.0 Å². The van der Waals surface area contributed by atoms with E-state index in [1.807, 2.05) is 31.2 Å². The Morgan fingerprint density at radius 2 is 0.704 bits per heavy atom. The van der Waals surface area contributed by atoms with Crippen molar-refractivity contribution in [2.24, 2.45) is 0 Å². The van der Waals surface area contributed by atoms with Crippen molar-refractivity contribution in [3.05, 3.63) is 179 Å². The van der Waals surface area contributed by atoms with Crippen molar-refractivity contribution < 1.29 is 44.2 Å². The fourth-order valence-corrected chi connectivity index (χ4v) is 7.37. The molecule has 0 saturated heterocycles. The van der Waals surface area contributed by atoms with Crippen molar-refractivity contribution in [1.29, 1.82) is 0 Å². The molecule has 0 N–H and O–H groups in total. The molecule has 0 unspecified atom stereocenters. The highest BCUT2D eigenvalue weighted by molar-refractivity contribution is 7.91. The molecule has 11 heteroatoms. The average molecular weight is 761 g/mol. The highest BCUT2D eigenvalue weighted by atomic mass is 32.2. The molecule has 6 aromatic carbocycles. The Bertz CT molecular complexity index is 2270. The van der Waals surface area contributed by atoms with Gasteiger partial charge >= 0.3 is 12.4 Å². The van der Waals surface area contributed by atoms with Gasteiger partial charge in [-0.1, -0.05) is 83.9 Å². The molecule has 0 heterocycles. The van der Waals surface area contributed by atoms with E-state index >= 15 is 0 Å². The molecule has 0 aliphatic heterocycles. The van der Waals surface area contributed by atoms with Crippen molar-refractivity contribution in [3.63, 3.8) is 0 Å². The van der Waals surface area contributed by atoms with Crippen LogP contribution in [0.3, 0.4) is 0 Å². The average Bonchev–Trinajstić information content (AvgIpc) is 3.13. The van der Waals surface area contributed by atoms with Gasteiger partial charge in [-0.2, -0.15) is 26.3 Å². The number of hydrogen-bond acceptors (Lipinski definition) is 4. The molecule has 54 heavy (non-hydrogen) atoms. The molecule has 0 bridgehead atoms. The lowest BCUT2D eigenvalue weighted by Crippen LogP contribution is -2.54. The number of alkyl halides is 6. The van der Waals surface area contributed by atoms with E-state index in [1.54, 1.807) is 55.5 Å². The second-order valence-electron chi connectivity index (χ2n) is 12.9. The molecule has 6 rings (SSSR count). The zero-order valence-corrected chi connectivity index (χ0v) is 29.9. The number of aryl methyl sites for hydroxylation is 4. The minimum Gasteiger partial charge on any atom is -0.457 e. The molecule has 278 valence electrons. The van der Waals surface area contributed by atoms with Crippen LogP contribution >= 0.6 is 0 Å². The Labute approximate surface area is 309 Å². The Morgan fingerprint density at radius 3 is 1.06 bits per heavy atom. The van der Waals surface area contributed by atoms with Crippen molar-refractivity contribution in [1.82, 2.24) is 0 Å². The van der Waals surface area contributed by atoms with Gasteiger partial charge in [0, 0.05) is 0 Å². The predicted octanol–water partition coefficient (Wildman–Crippen LogP) is 11.9.